The van der Waals surface area contributed by atoms with Crippen LogP contribution >= 0.6 is 0 Å². The summed E-state index contributed by atoms with van der Waals surface area (Å²) >= 11 is 0. The van der Waals surface area contributed by atoms with Gasteiger partial charge in [0, 0.05) is 37.4 Å². The molecular weight excluding hydrogens is 520 g/mol. The molecule has 1 saturated heterocycles. The largest absolute Gasteiger partial charge is 0.396 e. The molecule has 1 N–H and O–H groups in total. The fourth-order valence-electron chi connectivity index (χ4n) is 5.64. The van der Waals surface area contributed by atoms with Gasteiger partial charge in [-0.15, -0.1) is 0 Å². The van der Waals surface area contributed by atoms with E-state index in [-0.39, 0.29) is 18.6 Å². The van der Waals surface area contributed by atoms with Crippen molar-refractivity contribution in [2.24, 2.45) is 0 Å². The molecule has 3 aromatic rings. The van der Waals surface area contributed by atoms with E-state index >= 15 is 0 Å². The van der Waals surface area contributed by atoms with Crippen molar-refractivity contribution in [3.8, 4) is 28.5 Å². The zero-order valence-corrected chi connectivity index (χ0v) is 24.2. The number of benzene rings is 2. The van der Waals surface area contributed by atoms with Gasteiger partial charge in [-0.3, -0.25) is 4.79 Å². The predicted octanol–water partition coefficient (Wildman–Crippen LogP) is 5.61. The van der Waals surface area contributed by atoms with Gasteiger partial charge in [-0.2, -0.15) is 5.26 Å². The van der Waals surface area contributed by atoms with Crippen LogP contribution in [-0.2, 0) is 17.5 Å². The first kappa shape index (κ1) is 28.2. The van der Waals surface area contributed by atoms with Crippen LogP contribution < -0.4 is 0 Å². The van der Waals surface area contributed by atoms with E-state index in [4.69, 9.17) is 4.98 Å². The van der Waals surface area contributed by atoms with Crippen molar-refractivity contribution < 1.29 is 14.1 Å². The monoisotopic (exact) mass is 556 g/mol. The quantitative estimate of drug-likeness (QED) is 0.425. The molecule has 8 heteroatoms. The van der Waals surface area contributed by atoms with E-state index in [1.165, 1.54) is 0 Å². The lowest BCUT2D eigenvalue weighted by Gasteiger charge is -2.30. The molecule has 0 unspecified atom stereocenters. The van der Waals surface area contributed by atoms with E-state index in [9.17, 15) is 19.4 Å². The summed E-state index contributed by atoms with van der Waals surface area (Å²) in [5, 5.41) is 19.2. The summed E-state index contributed by atoms with van der Waals surface area (Å²) in [6, 6.07) is 19.2. The predicted molar refractivity (Wildman–Crippen MR) is 157 cm³/mol. The standard InChI is InChI=1S/C32H36N4O3S/c1-32(2,3)40(39)36-21-26-19-27(31(38)35-15-5-4-6-16-35)34-30(29(26)28(36)14-17-37)25-9-7-8-24(18-25)23-12-10-22(20-33)11-13-23/h7-13,18-19,28,37H,4-6,14-17,21H2,1-3H3/t28-,40-/m0/s1. The molecular formula is C32H36N4O3S. The third kappa shape index (κ3) is 5.60. The summed E-state index contributed by atoms with van der Waals surface area (Å²) in [6.07, 6.45) is 3.53. The van der Waals surface area contributed by atoms with E-state index in [0.29, 0.717) is 29.9 Å². The van der Waals surface area contributed by atoms with Gasteiger partial charge < -0.3 is 10.0 Å². The topological polar surface area (TPSA) is 97.5 Å². The number of fused-ring (bicyclic) bond motifs is 1. The second-order valence-corrected chi connectivity index (χ2v) is 13.7. The Balaban J connectivity index is 1.65. The van der Waals surface area contributed by atoms with Crippen LogP contribution in [-0.4, -0.2) is 53.9 Å². The van der Waals surface area contributed by atoms with Gasteiger partial charge in [-0.1, -0.05) is 30.3 Å². The van der Waals surface area contributed by atoms with Crippen molar-refractivity contribution in [2.75, 3.05) is 19.7 Å². The number of likely N-dealkylation sites (tertiary alicyclic amines) is 1. The normalized spacial score (nSPS) is 18.3. The molecule has 2 aliphatic heterocycles. The molecule has 0 saturated carbocycles. The number of carbonyl (C=O) groups excluding carboxylic acids is 1. The van der Waals surface area contributed by atoms with Crippen molar-refractivity contribution in [3.63, 3.8) is 0 Å². The summed E-state index contributed by atoms with van der Waals surface area (Å²) in [5.41, 5.74) is 6.37. The van der Waals surface area contributed by atoms with E-state index in [0.717, 1.165) is 60.2 Å². The molecule has 3 heterocycles. The Morgan fingerprint density at radius 2 is 1.75 bits per heavy atom. The van der Waals surface area contributed by atoms with Gasteiger partial charge in [0.1, 0.15) is 16.7 Å². The first-order chi connectivity index (χ1) is 19.2. The Labute approximate surface area is 239 Å². The van der Waals surface area contributed by atoms with Crippen molar-refractivity contribution in [3.05, 3.63) is 77.0 Å². The summed E-state index contributed by atoms with van der Waals surface area (Å²) in [5.74, 6) is -0.0684. The number of rotatable bonds is 6. The second-order valence-electron chi connectivity index (χ2n) is 11.5. The summed E-state index contributed by atoms with van der Waals surface area (Å²) in [6.45, 7) is 7.69. The molecule has 1 aromatic heterocycles. The minimum atomic E-state index is -1.32. The van der Waals surface area contributed by atoms with Crippen LogP contribution in [0.25, 0.3) is 22.4 Å². The lowest BCUT2D eigenvalue weighted by Crippen LogP contribution is -2.36. The highest BCUT2D eigenvalue weighted by Gasteiger charge is 2.40. The molecule has 1 amide bonds. The Morgan fingerprint density at radius 3 is 2.40 bits per heavy atom. The molecule has 5 rings (SSSR count). The van der Waals surface area contributed by atoms with Crippen molar-refractivity contribution >= 4 is 16.9 Å². The van der Waals surface area contributed by atoms with Crippen molar-refractivity contribution in [1.82, 2.24) is 14.2 Å². The van der Waals surface area contributed by atoms with Gasteiger partial charge in [-0.05, 0) is 87.4 Å². The first-order valence-corrected chi connectivity index (χ1v) is 15.1. The van der Waals surface area contributed by atoms with Gasteiger partial charge >= 0.3 is 0 Å². The number of hydrogen-bond donors (Lipinski definition) is 1. The number of nitrogens with zero attached hydrogens (tertiary/aromatic N) is 4. The Morgan fingerprint density at radius 1 is 1.05 bits per heavy atom. The van der Waals surface area contributed by atoms with Crippen LogP contribution in [0, 0.1) is 11.3 Å². The number of hydrogen-bond acceptors (Lipinski definition) is 5. The molecule has 2 aliphatic rings. The number of aromatic nitrogens is 1. The van der Waals surface area contributed by atoms with Crippen LogP contribution in [0.4, 0.5) is 0 Å². The van der Waals surface area contributed by atoms with Crippen LogP contribution in [0.15, 0.2) is 54.6 Å². The number of carbonyl (C=O) groups is 1. The molecule has 0 aliphatic carbocycles. The molecule has 40 heavy (non-hydrogen) atoms. The van der Waals surface area contributed by atoms with Crippen LogP contribution in [0.2, 0.25) is 0 Å². The maximum absolute atomic E-state index is 13.7. The fourth-order valence-corrected chi connectivity index (χ4v) is 7.04. The summed E-state index contributed by atoms with van der Waals surface area (Å²) < 4.78 is 15.1. The third-order valence-corrected chi connectivity index (χ3v) is 9.49. The van der Waals surface area contributed by atoms with Gasteiger partial charge in [-0.25, -0.2) is 13.5 Å². The summed E-state index contributed by atoms with van der Waals surface area (Å²) in [7, 11) is -1.32. The highest BCUT2D eigenvalue weighted by atomic mass is 32.2. The van der Waals surface area contributed by atoms with E-state index in [1.807, 2.05) is 66.4 Å². The Hall–Kier alpha value is -3.38. The maximum Gasteiger partial charge on any atom is 0.272 e. The van der Waals surface area contributed by atoms with Crippen LogP contribution in [0.5, 0.6) is 0 Å². The number of pyridine rings is 1. The average molecular weight is 557 g/mol. The van der Waals surface area contributed by atoms with Crippen LogP contribution in [0.1, 0.15) is 79.7 Å². The highest BCUT2D eigenvalue weighted by molar-refractivity contribution is 7.84. The highest BCUT2D eigenvalue weighted by Crippen LogP contribution is 2.44. The molecule has 2 aromatic carbocycles. The number of amides is 1. The number of nitriles is 1. The van der Waals surface area contributed by atoms with E-state index in [1.54, 1.807) is 12.1 Å². The minimum Gasteiger partial charge on any atom is -0.396 e. The Kier molecular flexibility index (Phi) is 8.18. The number of aliphatic hydroxyl groups excluding tert-OH is 1. The zero-order valence-electron chi connectivity index (χ0n) is 23.4. The smallest absolute Gasteiger partial charge is 0.272 e. The Bertz CT molecular complexity index is 1470. The maximum atomic E-state index is 13.7. The molecule has 7 nitrogen and oxygen atoms in total. The minimum absolute atomic E-state index is 0.0544. The van der Waals surface area contributed by atoms with Crippen LogP contribution in [0.3, 0.4) is 0 Å². The fraction of sp³-hybridized carbons (Fsp3) is 0.406. The number of aliphatic hydroxyl groups is 1. The molecule has 0 radical (unpaired) electrons. The molecule has 208 valence electrons. The second kappa shape index (κ2) is 11.6. The average Bonchev–Trinajstić information content (AvgIpc) is 3.34. The zero-order chi connectivity index (χ0) is 28.4. The SMILES string of the molecule is CC(C)(C)[S@](=O)N1Cc2cc(C(=O)N3CCCCC3)nc(-c3cccc(-c4ccc(C#N)cc4)c3)c2[C@@H]1CCO. The third-order valence-electron chi connectivity index (χ3n) is 7.64. The van der Waals surface area contributed by atoms with Crippen molar-refractivity contribution in [2.45, 2.75) is 63.8 Å². The van der Waals surface area contributed by atoms with E-state index < -0.39 is 15.7 Å². The van der Waals surface area contributed by atoms with E-state index in [2.05, 4.69) is 12.1 Å². The lowest BCUT2D eigenvalue weighted by atomic mass is 9.93. The van der Waals surface area contributed by atoms with Gasteiger partial charge in [0.15, 0.2) is 0 Å². The van der Waals surface area contributed by atoms with Gasteiger partial charge in [0.2, 0.25) is 0 Å². The van der Waals surface area contributed by atoms with Gasteiger partial charge in [0.25, 0.3) is 5.91 Å². The molecule has 2 atom stereocenters. The lowest BCUT2D eigenvalue weighted by molar-refractivity contribution is 0.0718. The summed E-state index contributed by atoms with van der Waals surface area (Å²) in [4.78, 5) is 20.5. The van der Waals surface area contributed by atoms with Crippen molar-refractivity contribution in [1.29, 1.82) is 5.26 Å². The molecule has 1 fully saturated rings. The van der Waals surface area contributed by atoms with Gasteiger partial charge in [0.05, 0.1) is 28.1 Å². The molecule has 0 spiro atoms. The first-order valence-electron chi connectivity index (χ1n) is 13.9. The molecule has 0 bridgehead atoms. The number of piperidine rings is 1.